The quantitative estimate of drug-likeness (QED) is 0.731. The van der Waals surface area contributed by atoms with Gasteiger partial charge in [-0.3, -0.25) is 4.79 Å². The SMILES string of the molecule is CCCNc1ccc(C(=O)N(C)CCCOC)nc1. The van der Waals surface area contributed by atoms with E-state index >= 15 is 0 Å². The maximum atomic E-state index is 12.1. The number of nitrogens with zero attached hydrogens (tertiary/aromatic N) is 2. The van der Waals surface area contributed by atoms with Crippen molar-refractivity contribution in [2.75, 3.05) is 39.2 Å². The van der Waals surface area contributed by atoms with Crippen LogP contribution in [0, 0.1) is 0 Å². The van der Waals surface area contributed by atoms with Gasteiger partial charge in [0.25, 0.3) is 5.91 Å². The molecule has 0 aliphatic heterocycles. The molecule has 0 radical (unpaired) electrons. The summed E-state index contributed by atoms with van der Waals surface area (Å²) in [6.45, 7) is 4.34. The Bertz CT molecular complexity index is 379. The van der Waals surface area contributed by atoms with E-state index in [0.717, 1.165) is 25.1 Å². The Labute approximate surface area is 115 Å². The second kappa shape index (κ2) is 8.48. The Balaban J connectivity index is 2.52. The number of amides is 1. The molecule has 1 aromatic heterocycles. The van der Waals surface area contributed by atoms with Crippen LogP contribution in [-0.2, 0) is 4.74 Å². The van der Waals surface area contributed by atoms with Gasteiger partial charge in [0.1, 0.15) is 5.69 Å². The lowest BCUT2D eigenvalue weighted by molar-refractivity contribution is 0.0773. The van der Waals surface area contributed by atoms with Crippen molar-refractivity contribution in [1.29, 1.82) is 0 Å². The zero-order valence-electron chi connectivity index (χ0n) is 12.0. The molecule has 19 heavy (non-hydrogen) atoms. The molecule has 5 nitrogen and oxygen atoms in total. The molecule has 1 heterocycles. The number of pyridine rings is 1. The van der Waals surface area contributed by atoms with Gasteiger partial charge in [0.05, 0.1) is 11.9 Å². The summed E-state index contributed by atoms with van der Waals surface area (Å²) in [6.07, 6.45) is 3.59. The Kier molecular flexibility index (Phi) is 6.89. The van der Waals surface area contributed by atoms with Crippen LogP contribution in [-0.4, -0.2) is 49.6 Å². The summed E-state index contributed by atoms with van der Waals surface area (Å²) >= 11 is 0. The zero-order valence-corrected chi connectivity index (χ0v) is 12.0. The van der Waals surface area contributed by atoms with Crippen molar-refractivity contribution in [1.82, 2.24) is 9.88 Å². The number of aromatic nitrogens is 1. The predicted molar refractivity (Wildman–Crippen MR) is 76.5 cm³/mol. The Morgan fingerprint density at radius 3 is 2.84 bits per heavy atom. The molecule has 1 aromatic rings. The third-order valence-electron chi connectivity index (χ3n) is 2.75. The van der Waals surface area contributed by atoms with E-state index in [0.29, 0.717) is 18.8 Å². The normalized spacial score (nSPS) is 10.3. The number of methoxy groups -OCH3 is 1. The Morgan fingerprint density at radius 2 is 2.26 bits per heavy atom. The first-order chi connectivity index (χ1) is 9.19. The van der Waals surface area contributed by atoms with Crippen LogP contribution in [0.4, 0.5) is 5.69 Å². The summed E-state index contributed by atoms with van der Waals surface area (Å²) in [5.74, 6) is -0.0573. The molecule has 1 rings (SSSR count). The highest BCUT2D eigenvalue weighted by atomic mass is 16.5. The number of hydrogen-bond acceptors (Lipinski definition) is 4. The summed E-state index contributed by atoms with van der Waals surface area (Å²) in [5, 5.41) is 3.23. The van der Waals surface area contributed by atoms with Crippen LogP contribution in [0.3, 0.4) is 0 Å². The van der Waals surface area contributed by atoms with Crippen LogP contribution in [0.2, 0.25) is 0 Å². The van der Waals surface area contributed by atoms with E-state index in [9.17, 15) is 4.79 Å². The molecular weight excluding hydrogens is 242 g/mol. The fourth-order valence-corrected chi connectivity index (χ4v) is 1.64. The third kappa shape index (κ3) is 5.26. The number of hydrogen-bond donors (Lipinski definition) is 1. The average Bonchev–Trinajstić information content (AvgIpc) is 2.45. The van der Waals surface area contributed by atoms with Gasteiger partial charge >= 0.3 is 0 Å². The summed E-state index contributed by atoms with van der Waals surface area (Å²) in [6, 6.07) is 3.64. The smallest absolute Gasteiger partial charge is 0.272 e. The molecule has 0 atom stereocenters. The van der Waals surface area contributed by atoms with E-state index in [1.807, 2.05) is 6.07 Å². The first kappa shape index (κ1) is 15.4. The first-order valence-electron chi connectivity index (χ1n) is 6.63. The molecule has 5 heteroatoms. The number of nitrogens with one attached hydrogen (secondary N) is 1. The minimum Gasteiger partial charge on any atom is -0.385 e. The van der Waals surface area contributed by atoms with E-state index in [1.165, 1.54) is 0 Å². The summed E-state index contributed by atoms with van der Waals surface area (Å²) in [5.41, 5.74) is 1.42. The highest BCUT2D eigenvalue weighted by Crippen LogP contribution is 2.08. The molecular formula is C14H23N3O2. The van der Waals surface area contributed by atoms with Crippen molar-refractivity contribution < 1.29 is 9.53 Å². The highest BCUT2D eigenvalue weighted by Gasteiger charge is 2.12. The van der Waals surface area contributed by atoms with Crippen molar-refractivity contribution in [2.45, 2.75) is 19.8 Å². The molecule has 1 amide bonds. The molecule has 0 unspecified atom stereocenters. The lowest BCUT2D eigenvalue weighted by Gasteiger charge is -2.16. The molecule has 0 saturated heterocycles. The second-order valence-electron chi connectivity index (χ2n) is 4.43. The summed E-state index contributed by atoms with van der Waals surface area (Å²) in [4.78, 5) is 17.9. The second-order valence-corrected chi connectivity index (χ2v) is 4.43. The summed E-state index contributed by atoms with van der Waals surface area (Å²) < 4.78 is 4.97. The first-order valence-corrected chi connectivity index (χ1v) is 6.63. The number of carbonyl (C=O) groups excluding carboxylic acids is 1. The van der Waals surface area contributed by atoms with Gasteiger partial charge < -0.3 is 15.0 Å². The Hall–Kier alpha value is -1.62. The zero-order chi connectivity index (χ0) is 14.1. The minimum atomic E-state index is -0.0573. The fraction of sp³-hybridized carbons (Fsp3) is 0.571. The van der Waals surface area contributed by atoms with Gasteiger partial charge in [0, 0.05) is 33.9 Å². The van der Waals surface area contributed by atoms with Gasteiger partial charge in [-0.05, 0) is 25.0 Å². The molecule has 1 N–H and O–H groups in total. The lowest BCUT2D eigenvalue weighted by Crippen LogP contribution is -2.29. The Morgan fingerprint density at radius 1 is 1.47 bits per heavy atom. The molecule has 0 spiro atoms. The largest absolute Gasteiger partial charge is 0.385 e. The van der Waals surface area contributed by atoms with Crippen LogP contribution in [0.25, 0.3) is 0 Å². The van der Waals surface area contributed by atoms with Crippen LogP contribution < -0.4 is 5.32 Å². The fourth-order valence-electron chi connectivity index (χ4n) is 1.64. The average molecular weight is 265 g/mol. The molecule has 106 valence electrons. The maximum Gasteiger partial charge on any atom is 0.272 e. The molecule has 0 aromatic carbocycles. The van der Waals surface area contributed by atoms with Crippen molar-refractivity contribution in [3.8, 4) is 0 Å². The van der Waals surface area contributed by atoms with Gasteiger partial charge in [0.15, 0.2) is 0 Å². The van der Waals surface area contributed by atoms with Crippen molar-refractivity contribution in [3.63, 3.8) is 0 Å². The van der Waals surface area contributed by atoms with Crippen LogP contribution in [0.15, 0.2) is 18.3 Å². The number of ether oxygens (including phenoxy) is 1. The van der Waals surface area contributed by atoms with E-state index in [2.05, 4.69) is 17.2 Å². The topological polar surface area (TPSA) is 54.5 Å². The van der Waals surface area contributed by atoms with Gasteiger partial charge in [0.2, 0.25) is 0 Å². The van der Waals surface area contributed by atoms with Crippen molar-refractivity contribution >= 4 is 11.6 Å². The van der Waals surface area contributed by atoms with Crippen LogP contribution in [0.5, 0.6) is 0 Å². The number of anilines is 1. The van der Waals surface area contributed by atoms with E-state index in [1.54, 1.807) is 31.3 Å². The number of carbonyl (C=O) groups is 1. The van der Waals surface area contributed by atoms with Gasteiger partial charge in [-0.25, -0.2) is 4.98 Å². The lowest BCUT2D eigenvalue weighted by atomic mass is 10.3. The standard InChI is InChI=1S/C14H23N3O2/c1-4-8-15-12-6-7-13(16-11-12)14(18)17(2)9-5-10-19-3/h6-7,11,15H,4-5,8-10H2,1-3H3. The van der Waals surface area contributed by atoms with Crippen molar-refractivity contribution in [3.05, 3.63) is 24.0 Å². The molecule has 0 aliphatic rings. The van der Waals surface area contributed by atoms with Crippen LogP contribution >= 0.6 is 0 Å². The third-order valence-corrected chi connectivity index (χ3v) is 2.75. The van der Waals surface area contributed by atoms with E-state index in [4.69, 9.17) is 4.74 Å². The minimum absolute atomic E-state index is 0.0573. The molecule has 0 aliphatic carbocycles. The van der Waals surface area contributed by atoms with E-state index in [-0.39, 0.29) is 5.91 Å². The molecule has 0 fully saturated rings. The van der Waals surface area contributed by atoms with E-state index < -0.39 is 0 Å². The van der Waals surface area contributed by atoms with Gasteiger partial charge in [-0.2, -0.15) is 0 Å². The molecule has 0 saturated carbocycles. The van der Waals surface area contributed by atoms with Crippen molar-refractivity contribution in [2.24, 2.45) is 0 Å². The maximum absolute atomic E-state index is 12.1. The predicted octanol–water partition coefficient (Wildman–Crippen LogP) is 2.01. The van der Waals surface area contributed by atoms with Gasteiger partial charge in [-0.1, -0.05) is 6.92 Å². The number of rotatable bonds is 8. The van der Waals surface area contributed by atoms with Crippen LogP contribution in [0.1, 0.15) is 30.3 Å². The highest BCUT2D eigenvalue weighted by molar-refractivity contribution is 5.92. The van der Waals surface area contributed by atoms with Gasteiger partial charge in [-0.15, -0.1) is 0 Å². The monoisotopic (exact) mass is 265 g/mol. The molecule has 0 bridgehead atoms. The summed E-state index contributed by atoms with van der Waals surface area (Å²) in [7, 11) is 3.44.